The molecule has 0 aliphatic heterocycles. The van der Waals surface area contributed by atoms with Gasteiger partial charge in [0, 0.05) is 25.4 Å². The number of benzene rings is 1. The highest BCUT2D eigenvalue weighted by Gasteiger charge is 2.23. The molecule has 4 aromatic heterocycles. The number of aliphatic hydroxyl groups is 1. The van der Waals surface area contributed by atoms with E-state index >= 15 is 0 Å². The molecule has 1 atom stereocenters. The first-order valence-corrected chi connectivity index (χ1v) is 12.1. The number of rotatable bonds is 5. The molecule has 12 nitrogen and oxygen atoms in total. The third-order valence-electron chi connectivity index (χ3n) is 6.17. The Morgan fingerprint density at radius 3 is 2.51 bits per heavy atom. The molecule has 1 N–H and O–H groups in total. The second-order valence-electron chi connectivity index (χ2n) is 9.29. The van der Waals surface area contributed by atoms with E-state index in [1.807, 2.05) is 36.6 Å². The maximum Gasteiger partial charge on any atom is 0.329 e. The second-order valence-corrected chi connectivity index (χ2v) is 9.29. The predicted octanol–water partition coefficient (Wildman–Crippen LogP) is 3.76. The van der Waals surface area contributed by atoms with E-state index in [1.54, 1.807) is 68.4 Å². The van der Waals surface area contributed by atoms with E-state index in [2.05, 4.69) is 20.3 Å². The van der Waals surface area contributed by atoms with Gasteiger partial charge in [-0.25, -0.2) is 24.3 Å². The standard InChI is InChI=1S/C27H26N10O2/c1-16-6-10-25(32-31-16)36(27(39)34(4)5)20-7-9-23-22(13-20)29-15-35(23)24-11-8-21(18(3)38)26(30-24)37-17(2)12-19(14-28)33-37/h6-13,15,18,38H,1-5H3/t18-/m0/s1. The van der Waals surface area contributed by atoms with Crippen molar-refractivity contribution in [3.8, 4) is 17.7 Å². The molecular formula is C27H26N10O2. The molecule has 1 aromatic carbocycles. The largest absolute Gasteiger partial charge is 0.389 e. The lowest BCUT2D eigenvalue weighted by Crippen LogP contribution is -2.36. The highest BCUT2D eigenvalue weighted by atomic mass is 16.3. The maximum atomic E-state index is 13.1. The number of amides is 2. The Morgan fingerprint density at radius 2 is 1.87 bits per heavy atom. The van der Waals surface area contributed by atoms with Crippen LogP contribution in [-0.4, -0.2) is 64.6 Å². The Labute approximate surface area is 224 Å². The number of carbonyl (C=O) groups excluding carboxylic acids is 1. The van der Waals surface area contributed by atoms with Crippen molar-refractivity contribution < 1.29 is 9.90 Å². The monoisotopic (exact) mass is 522 g/mol. The van der Waals surface area contributed by atoms with Crippen LogP contribution in [0.5, 0.6) is 0 Å². The number of imidazole rings is 1. The number of pyridine rings is 1. The van der Waals surface area contributed by atoms with E-state index in [0.717, 1.165) is 11.2 Å². The summed E-state index contributed by atoms with van der Waals surface area (Å²) in [5.41, 5.74) is 4.25. The van der Waals surface area contributed by atoms with Gasteiger partial charge in [-0.1, -0.05) is 0 Å². The minimum Gasteiger partial charge on any atom is -0.389 e. The molecule has 39 heavy (non-hydrogen) atoms. The lowest BCUT2D eigenvalue weighted by atomic mass is 10.1. The molecule has 5 aromatic rings. The average Bonchev–Trinajstić information content (AvgIpc) is 3.52. The van der Waals surface area contributed by atoms with Gasteiger partial charge >= 0.3 is 6.03 Å². The molecule has 0 aliphatic rings. The molecular weight excluding hydrogens is 496 g/mol. The van der Waals surface area contributed by atoms with Crippen LogP contribution in [-0.2, 0) is 0 Å². The number of hydrogen-bond donors (Lipinski definition) is 1. The second kappa shape index (κ2) is 9.96. The fourth-order valence-corrected chi connectivity index (χ4v) is 4.20. The first kappa shape index (κ1) is 25.5. The fourth-order valence-electron chi connectivity index (χ4n) is 4.20. The highest BCUT2D eigenvalue weighted by molar-refractivity contribution is 5.99. The molecule has 0 bridgehead atoms. The molecule has 0 fully saturated rings. The minimum absolute atomic E-state index is 0.256. The van der Waals surface area contributed by atoms with Gasteiger partial charge in [0.25, 0.3) is 0 Å². The van der Waals surface area contributed by atoms with Crippen molar-refractivity contribution in [2.24, 2.45) is 0 Å². The first-order chi connectivity index (χ1) is 18.7. The summed E-state index contributed by atoms with van der Waals surface area (Å²) >= 11 is 0. The van der Waals surface area contributed by atoms with Gasteiger partial charge < -0.3 is 10.0 Å². The topological polar surface area (TPSA) is 142 Å². The lowest BCUT2D eigenvalue weighted by molar-refractivity contribution is 0.198. The van der Waals surface area contributed by atoms with Gasteiger partial charge in [-0.05, 0) is 69.3 Å². The van der Waals surface area contributed by atoms with Gasteiger partial charge in [-0.3, -0.25) is 4.57 Å². The van der Waals surface area contributed by atoms with Crippen molar-refractivity contribution in [1.29, 1.82) is 5.26 Å². The van der Waals surface area contributed by atoms with Crippen molar-refractivity contribution in [2.45, 2.75) is 26.9 Å². The molecule has 12 heteroatoms. The summed E-state index contributed by atoms with van der Waals surface area (Å²) in [4.78, 5) is 25.4. The number of nitriles is 1. The zero-order valence-corrected chi connectivity index (χ0v) is 22.1. The summed E-state index contributed by atoms with van der Waals surface area (Å²) in [6.07, 6.45) is 0.839. The minimum atomic E-state index is -0.803. The van der Waals surface area contributed by atoms with E-state index in [4.69, 9.17) is 4.98 Å². The van der Waals surface area contributed by atoms with Crippen LogP contribution in [0.3, 0.4) is 0 Å². The third kappa shape index (κ3) is 4.67. The van der Waals surface area contributed by atoms with E-state index in [0.29, 0.717) is 39.9 Å². The molecule has 0 aliphatic carbocycles. The van der Waals surface area contributed by atoms with Crippen LogP contribution in [0.1, 0.15) is 35.7 Å². The number of aromatic nitrogens is 7. The fraction of sp³-hybridized carbons (Fsp3) is 0.222. The van der Waals surface area contributed by atoms with Gasteiger partial charge in [-0.2, -0.15) is 15.5 Å². The Bertz CT molecular complexity index is 1730. The number of carbonyl (C=O) groups is 1. The van der Waals surface area contributed by atoms with Gasteiger partial charge in [0.1, 0.15) is 18.2 Å². The van der Waals surface area contributed by atoms with Gasteiger partial charge in [0.2, 0.25) is 0 Å². The van der Waals surface area contributed by atoms with Gasteiger partial charge in [0.05, 0.1) is 28.5 Å². The molecule has 196 valence electrons. The molecule has 0 unspecified atom stereocenters. The predicted molar refractivity (Wildman–Crippen MR) is 144 cm³/mol. The molecule has 0 saturated carbocycles. The summed E-state index contributed by atoms with van der Waals surface area (Å²) in [7, 11) is 3.34. The molecule has 0 radical (unpaired) electrons. The summed E-state index contributed by atoms with van der Waals surface area (Å²) in [6, 6.07) is 16.0. The van der Waals surface area contributed by atoms with Crippen LogP contribution < -0.4 is 4.90 Å². The van der Waals surface area contributed by atoms with Crippen molar-refractivity contribution >= 4 is 28.6 Å². The van der Waals surface area contributed by atoms with Crippen LogP contribution in [0.25, 0.3) is 22.7 Å². The SMILES string of the molecule is Cc1ccc(N(C(=O)N(C)C)c2ccc3c(c2)ncn3-c2ccc([C@H](C)O)c(-n3nc(C#N)cc3C)n2)nn1. The summed E-state index contributed by atoms with van der Waals surface area (Å²) in [5, 5.41) is 32.3. The zero-order chi connectivity index (χ0) is 27.8. The molecule has 5 rings (SSSR count). The number of anilines is 2. The number of aryl methyl sites for hydroxylation is 2. The van der Waals surface area contributed by atoms with Crippen LogP contribution >= 0.6 is 0 Å². The smallest absolute Gasteiger partial charge is 0.329 e. The van der Waals surface area contributed by atoms with Crippen LogP contribution in [0, 0.1) is 25.2 Å². The number of nitrogens with zero attached hydrogens (tertiary/aromatic N) is 10. The average molecular weight is 523 g/mol. The third-order valence-corrected chi connectivity index (χ3v) is 6.17. The number of urea groups is 1. The lowest BCUT2D eigenvalue weighted by Gasteiger charge is -2.25. The van der Waals surface area contributed by atoms with Crippen molar-refractivity contribution in [3.05, 3.63) is 77.5 Å². The highest BCUT2D eigenvalue weighted by Crippen LogP contribution is 2.30. The molecule has 0 saturated heterocycles. The Hall–Kier alpha value is -5.15. The quantitative estimate of drug-likeness (QED) is 0.368. The zero-order valence-electron chi connectivity index (χ0n) is 22.1. The molecule has 4 heterocycles. The Kier molecular flexibility index (Phi) is 6.51. The van der Waals surface area contributed by atoms with Crippen LogP contribution in [0.4, 0.5) is 16.3 Å². The number of fused-ring (bicyclic) bond motifs is 1. The molecule has 2 amide bonds. The van der Waals surface area contributed by atoms with Crippen LogP contribution in [0.15, 0.2) is 54.9 Å². The number of aliphatic hydroxyl groups excluding tert-OH is 1. The van der Waals surface area contributed by atoms with Crippen molar-refractivity contribution in [1.82, 2.24) is 39.4 Å². The number of hydrogen-bond acceptors (Lipinski definition) is 8. The van der Waals surface area contributed by atoms with Crippen molar-refractivity contribution in [3.63, 3.8) is 0 Å². The summed E-state index contributed by atoms with van der Waals surface area (Å²) in [6.45, 7) is 5.30. The van der Waals surface area contributed by atoms with Crippen molar-refractivity contribution in [2.75, 3.05) is 19.0 Å². The normalized spacial score (nSPS) is 11.8. The maximum absolute atomic E-state index is 13.1. The first-order valence-electron chi connectivity index (χ1n) is 12.1. The summed E-state index contributed by atoms with van der Waals surface area (Å²) < 4.78 is 3.36. The Balaban J connectivity index is 1.60. The van der Waals surface area contributed by atoms with Gasteiger partial charge in [0.15, 0.2) is 17.3 Å². The summed E-state index contributed by atoms with van der Waals surface area (Å²) in [5.74, 6) is 1.36. The van der Waals surface area contributed by atoms with Crippen LogP contribution in [0.2, 0.25) is 0 Å². The van der Waals surface area contributed by atoms with E-state index in [-0.39, 0.29) is 11.7 Å². The van der Waals surface area contributed by atoms with E-state index in [9.17, 15) is 15.2 Å². The van der Waals surface area contributed by atoms with Gasteiger partial charge in [-0.15, -0.1) is 5.10 Å². The molecule has 0 spiro atoms. The van der Waals surface area contributed by atoms with E-state index in [1.165, 1.54) is 9.80 Å². The Morgan fingerprint density at radius 1 is 1.08 bits per heavy atom. The van der Waals surface area contributed by atoms with E-state index < -0.39 is 6.10 Å².